The number of nitrogen functional groups attached to an aromatic ring is 1. The van der Waals surface area contributed by atoms with Crippen LogP contribution in [0.3, 0.4) is 0 Å². The van der Waals surface area contributed by atoms with Gasteiger partial charge in [-0.25, -0.2) is 0 Å². The second kappa shape index (κ2) is 3.58. The third-order valence-corrected chi connectivity index (χ3v) is 2.30. The number of nitrogens with two attached hydrogens (primary N) is 1. The van der Waals surface area contributed by atoms with Crippen molar-refractivity contribution in [2.75, 3.05) is 5.73 Å². The number of rotatable bonds is 2. The van der Waals surface area contributed by atoms with Gasteiger partial charge in [0.15, 0.2) is 0 Å². The van der Waals surface area contributed by atoms with Gasteiger partial charge in [0.05, 0.1) is 4.83 Å². The molecule has 0 heterocycles. The van der Waals surface area contributed by atoms with Gasteiger partial charge < -0.3 is 5.73 Å². The molecule has 0 spiro atoms. The van der Waals surface area contributed by atoms with Crippen LogP contribution in [0.25, 0.3) is 0 Å². The number of halogens is 1. The Balaban J connectivity index is 3.02. The lowest BCUT2D eigenvalue weighted by Crippen LogP contribution is -1.93. The summed E-state index contributed by atoms with van der Waals surface area (Å²) in [5.41, 5.74) is 7.47. The van der Waals surface area contributed by atoms with E-state index in [9.17, 15) is 0 Å². The molecule has 2 heteroatoms. The third-order valence-electron chi connectivity index (χ3n) is 1.44. The Bertz CT molecular complexity index is 257. The van der Waals surface area contributed by atoms with E-state index in [1.807, 2.05) is 12.1 Å². The molecule has 1 nitrogen and oxygen atoms in total. The van der Waals surface area contributed by atoms with Crippen LogP contribution in [0.4, 0.5) is 5.69 Å². The van der Waals surface area contributed by atoms with Crippen molar-refractivity contribution in [3.8, 4) is 0 Å². The summed E-state index contributed by atoms with van der Waals surface area (Å²) in [5, 5.41) is 0. The highest BCUT2D eigenvalue weighted by molar-refractivity contribution is 9.09. The van der Waals surface area contributed by atoms with Gasteiger partial charge in [-0.15, -0.1) is 6.58 Å². The van der Waals surface area contributed by atoms with Crippen LogP contribution in [0.1, 0.15) is 10.4 Å². The molecule has 0 fully saturated rings. The second-order valence-electron chi connectivity index (χ2n) is 2.19. The molecule has 1 radical (unpaired) electrons. The van der Waals surface area contributed by atoms with Crippen molar-refractivity contribution in [3.05, 3.63) is 42.5 Å². The Labute approximate surface area is 75.0 Å². The maximum atomic E-state index is 5.69. The van der Waals surface area contributed by atoms with Crippen LogP contribution in [-0.2, 0) is 0 Å². The van der Waals surface area contributed by atoms with Gasteiger partial charge in [0.1, 0.15) is 0 Å². The van der Waals surface area contributed by atoms with E-state index in [1.165, 1.54) is 0 Å². The number of anilines is 1. The summed E-state index contributed by atoms with van der Waals surface area (Å²) in [6.07, 6.45) is 1.80. The Kier molecular flexibility index (Phi) is 2.71. The van der Waals surface area contributed by atoms with E-state index in [-0.39, 0.29) is 4.83 Å². The van der Waals surface area contributed by atoms with Crippen molar-refractivity contribution in [1.29, 1.82) is 0 Å². The SMILES string of the molecule is C=CC(Br)c1cc[c]cc1N. The van der Waals surface area contributed by atoms with Crippen molar-refractivity contribution in [2.45, 2.75) is 4.83 Å². The molecule has 0 bridgehead atoms. The number of hydrogen-bond donors (Lipinski definition) is 1. The normalized spacial score (nSPS) is 12.5. The first-order valence-corrected chi connectivity index (χ1v) is 4.19. The molecule has 1 rings (SSSR count). The average molecular weight is 211 g/mol. The van der Waals surface area contributed by atoms with E-state index in [1.54, 1.807) is 12.1 Å². The van der Waals surface area contributed by atoms with Gasteiger partial charge in [-0.3, -0.25) is 0 Å². The summed E-state index contributed by atoms with van der Waals surface area (Å²) in [6, 6.07) is 8.42. The molecule has 1 unspecified atom stereocenters. The average Bonchev–Trinajstić information content (AvgIpc) is 2.04. The molecule has 1 aromatic rings. The molecule has 57 valence electrons. The number of hydrogen-bond acceptors (Lipinski definition) is 1. The Morgan fingerprint density at radius 1 is 1.73 bits per heavy atom. The zero-order chi connectivity index (χ0) is 8.27. The molecule has 0 aliphatic heterocycles. The number of benzene rings is 1. The molecule has 0 aliphatic carbocycles. The van der Waals surface area contributed by atoms with E-state index in [2.05, 4.69) is 28.6 Å². The molecular formula is C9H9BrN. The summed E-state index contributed by atoms with van der Waals surface area (Å²) in [7, 11) is 0. The molecule has 0 aromatic heterocycles. The molecule has 0 saturated heterocycles. The van der Waals surface area contributed by atoms with Crippen LogP contribution in [-0.4, -0.2) is 0 Å². The first-order valence-electron chi connectivity index (χ1n) is 3.28. The molecule has 11 heavy (non-hydrogen) atoms. The fourth-order valence-electron chi connectivity index (χ4n) is 0.833. The molecule has 0 saturated carbocycles. The molecular weight excluding hydrogens is 202 g/mol. The monoisotopic (exact) mass is 210 g/mol. The van der Waals surface area contributed by atoms with Crippen LogP contribution in [0, 0.1) is 6.07 Å². The summed E-state index contributed by atoms with van der Waals surface area (Å²) in [5.74, 6) is 0. The van der Waals surface area contributed by atoms with Gasteiger partial charge in [0.2, 0.25) is 0 Å². The van der Waals surface area contributed by atoms with Gasteiger partial charge in [0.25, 0.3) is 0 Å². The first kappa shape index (κ1) is 8.34. The lowest BCUT2D eigenvalue weighted by Gasteiger charge is -2.06. The maximum absolute atomic E-state index is 5.69. The number of alkyl halides is 1. The highest BCUT2D eigenvalue weighted by Gasteiger charge is 2.04. The van der Waals surface area contributed by atoms with Gasteiger partial charge in [-0.2, -0.15) is 0 Å². The largest absolute Gasteiger partial charge is 0.398 e. The van der Waals surface area contributed by atoms with Crippen molar-refractivity contribution in [2.24, 2.45) is 0 Å². The van der Waals surface area contributed by atoms with Gasteiger partial charge in [0, 0.05) is 5.69 Å². The summed E-state index contributed by atoms with van der Waals surface area (Å²) < 4.78 is 0. The summed E-state index contributed by atoms with van der Waals surface area (Å²) in [4.78, 5) is 0.136. The maximum Gasteiger partial charge on any atom is 0.0592 e. The minimum Gasteiger partial charge on any atom is -0.398 e. The lowest BCUT2D eigenvalue weighted by molar-refractivity contribution is 1.26. The van der Waals surface area contributed by atoms with E-state index >= 15 is 0 Å². The Morgan fingerprint density at radius 2 is 2.45 bits per heavy atom. The van der Waals surface area contributed by atoms with Crippen molar-refractivity contribution < 1.29 is 0 Å². The van der Waals surface area contributed by atoms with E-state index in [4.69, 9.17) is 5.73 Å². The molecule has 2 N–H and O–H groups in total. The summed E-state index contributed by atoms with van der Waals surface area (Å²) in [6.45, 7) is 3.67. The minimum absolute atomic E-state index is 0.136. The standard InChI is InChI=1S/C9H9BrN/c1-2-8(10)7-5-3-4-6-9(7)11/h2-3,5-6,8H,1,11H2. The van der Waals surface area contributed by atoms with Crippen LogP contribution < -0.4 is 5.73 Å². The minimum atomic E-state index is 0.136. The van der Waals surface area contributed by atoms with Gasteiger partial charge >= 0.3 is 0 Å². The van der Waals surface area contributed by atoms with Gasteiger partial charge in [-0.05, 0) is 17.7 Å². The smallest absolute Gasteiger partial charge is 0.0592 e. The molecule has 1 aromatic carbocycles. The lowest BCUT2D eigenvalue weighted by atomic mass is 10.1. The third kappa shape index (κ3) is 1.84. The van der Waals surface area contributed by atoms with E-state index in [0.717, 1.165) is 11.3 Å². The van der Waals surface area contributed by atoms with Crippen molar-refractivity contribution in [3.63, 3.8) is 0 Å². The molecule has 1 atom stereocenters. The Hall–Kier alpha value is -0.760. The van der Waals surface area contributed by atoms with E-state index < -0.39 is 0 Å². The van der Waals surface area contributed by atoms with Gasteiger partial charge in [-0.1, -0.05) is 34.1 Å². The van der Waals surface area contributed by atoms with Crippen molar-refractivity contribution in [1.82, 2.24) is 0 Å². The quantitative estimate of drug-likeness (QED) is 0.454. The first-order chi connectivity index (χ1) is 5.25. The van der Waals surface area contributed by atoms with Crippen LogP contribution in [0.15, 0.2) is 30.9 Å². The molecule has 0 aliphatic rings. The molecule has 0 amide bonds. The highest BCUT2D eigenvalue weighted by atomic mass is 79.9. The predicted molar refractivity (Wildman–Crippen MR) is 51.6 cm³/mol. The Morgan fingerprint density at radius 3 is 3.00 bits per heavy atom. The van der Waals surface area contributed by atoms with Crippen LogP contribution >= 0.6 is 15.9 Å². The number of allylic oxidation sites excluding steroid dienone is 1. The second-order valence-corrected chi connectivity index (χ2v) is 3.18. The zero-order valence-electron chi connectivity index (χ0n) is 6.05. The summed E-state index contributed by atoms with van der Waals surface area (Å²) >= 11 is 3.42. The van der Waals surface area contributed by atoms with Crippen LogP contribution in [0.2, 0.25) is 0 Å². The predicted octanol–water partition coefficient (Wildman–Crippen LogP) is 2.69. The zero-order valence-corrected chi connectivity index (χ0v) is 7.64. The topological polar surface area (TPSA) is 26.0 Å². The fraction of sp³-hybridized carbons (Fsp3) is 0.111. The van der Waals surface area contributed by atoms with Crippen LogP contribution in [0.5, 0.6) is 0 Å². The van der Waals surface area contributed by atoms with E-state index in [0.29, 0.717) is 0 Å². The van der Waals surface area contributed by atoms with Crippen molar-refractivity contribution >= 4 is 21.6 Å². The highest BCUT2D eigenvalue weighted by Crippen LogP contribution is 2.27. The fourth-order valence-corrected chi connectivity index (χ4v) is 1.25.